The molecule has 1 atom stereocenters. The molecule has 1 unspecified atom stereocenters. The smallest absolute Gasteiger partial charge is 0.291 e. The molecule has 0 bridgehead atoms. The number of halogens is 3. The summed E-state index contributed by atoms with van der Waals surface area (Å²) in [6.45, 7) is -0.0172. The summed E-state index contributed by atoms with van der Waals surface area (Å²) in [6.07, 6.45) is 3.30. The zero-order chi connectivity index (χ0) is 18.7. The van der Waals surface area contributed by atoms with Crippen LogP contribution in [-0.4, -0.2) is 21.5 Å². The molecule has 3 rings (SSSR count). The summed E-state index contributed by atoms with van der Waals surface area (Å²) in [5.41, 5.74) is 0.531. The molecule has 0 aliphatic carbocycles. The van der Waals surface area contributed by atoms with Crippen molar-refractivity contribution in [3.8, 4) is 5.69 Å². The van der Waals surface area contributed by atoms with E-state index in [1.165, 1.54) is 6.20 Å². The van der Waals surface area contributed by atoms with E-state index in [1.54, 1.807) is 30.5 Å². The maximum atomic E-state index is 12.2. The molecule has 3 aromatic rings. The minimum Gasteiger partial charge on any atom is -0.467 e. The highest BCUT2D eigenvalue weighted by molar-refractivity contribution is 6.41. The zero-order valence-corrected chi connectivity index (χ0v) is 15.6. The molecule has 6 nitrogen and oxygen atoms in total. The number of nitrogens with zero attached hydrogens (tertiary/aromatic N) is 2. The van der Waals surface area contributed by atoms with Crippen LogP contribution in [0.25, 0.3) is 5.69 Å². The number of nitrogens with one attached hydrogen (secondary N) is 1. The lowest BCUT2D eigenvalue weighted by molar-refractivity contribution is 0.273. The Morgan fingerprint density at radius 1 is 1.23 bits per heavy atom. The van der Waals surface area contributed by atoms with Gasteiger partial charge in [0.15, 0.2) is 0 Å². The molecule has 0 saturated carbocycles. The number of benzene rings is 1. The molecule has 26 heavy (non-hydrogen) atoms. The third-order valence-corrected chi connectivity index (χ3v) is 4.77. The van der Waals surface area contributed by atoms with Gasteiger partial charge < -0.3 is 14.8 Å². The van der Waals surface area contributed by atoms with Gasteiger partial charge in [0.05, 0.1) is 39.9 Å². The molecule has 9 heteroatoms. The summed E-state index contributed by atoms with van der Waals surface area (Å²) in [5.74, 6) is 0.682. The molecule has 136 valence electrons. The fraction of sp³-hybridized carbons (Fsp3) is 0.176. The summed E-state index contributed by atoms with van der Waals surface area (Å²) in [4.78, 5) is 12.2. The molecule has 0 amide bonds. The Morgan fingerprint density at radius 2 is 2.04 bits per heavy atom. The third kappa shape index (κ3) is 3.88. The van der Waals surface area contributed by atoms with Gasteiger partial charge in [-0.05, 0) is 36.8 Å². The number of hydrogen-bond donors (Lipinski definition) is 2. The molecule has 1 aromatic carbocycles. The van der Waals surface area contributed by atoms with Crippen molar-refractivity contribution in [3.63, 3.8) is 0 Å². The zero-order valence-electron chi connectivity index (χ0n) is 13.3. The maximum absolute atomic E-state index is 12.2. The Kier molecular flexibility index (Phi) is 5.88. The number of furan rings is 1. The Hall–Kier alpha value is -1.99. The van der Waals surface area contributed by atoms with Crippen LogP contribution in [0, 0.1) is 0 Å². The second kappa shape index (κ2) is 8.14. The molecule has 2 N–H and O–H groups in total. The molecule has 0 radical (unpaired) electrons. The van der Waals surface area contributed by atoms with E-state index in [0.717, 1.165) is 4.68 Å². The van der Waals surface area contributed by atoms with Crippen LogP contribution >= 0.6 is 34.8 Å². The van der Waals surface area contributed by atoms with Gasteiger partial charge in [-0.2, -0.15) is 9.78 Å². The number of aliphatic hydroxyl groups is 1. The normalized spacial score (nSPS) is 12.2. The Balaban J connectivity index is 1.90. The van der Waals surface area contributed by atoms with E-state index in [0.29, 0.717) is 28.6 Å². The van der Waals surface area contributed by atoms with Gasteiger partial charge in [-0.3, -0.25) is 4.79 Å². The number of rotatable bonds is 6. The van der Waals surface area contributed by atoms with Crippen LogP contribution in [0.5, 0.6) is 0 Å². The highest BCUT2D eigenvalue weighted by Gasteiger charge is 2.16. The Labute approximate surface area is 163 Å². The SMILES string of the molecule is O=c1c(Cl)c(Cl)cnn1-c1ccc(NC(CCO)c2ccco2)c(Cl)c1. The predicted octanol–water partition coefficient (Wildman–Crippen LogP) is 4.32. The van der Waals surface area contributed by atoms with Crippen molar-refractivity contribution >= 4 is 40.5 Å². The summed E-state index contributed by atoms with van der Waals surface area (Å²) >= 11 is 18.0. The minimum absolute atomic E-state index is 0.0172. The fourth-order valence-electron chi connectivity index (χ4n) is 2.44. The maximum Gasteiger partial charge on any atom is 0.291 e. The number of hydrogen-bond acceptors (Lipinski definition) is 5. The molecule has 0 aliphatic rings. The lowest BCUT2D eigenvalue weighted by atomic mass is 10.1. The quantitative estimate of drug-likeness (QED) is 0.628. The van der Waals surface area contributed by atoms with E-state index in [2.05, 4.69) is 10.4 Å². The molecule has 0 spiro atoms. The first-order valence-corrected chi connectivity index (χ1v) is 8.78. The molecule has 2 heterocycles. The van der Waals surface area contributed by atoms with Crippen molar-refractivity contribution in [1.29, 1.82) is 0 Å². The molecular weight excluding hydrogens is 401 g/mol. The lowest BCUT2D eigenvalue weighted by Gasteiger charge is -2.18. The van der Waals surface area contributed by atoms with Crippen LogP contribution in [0.1, 0.15) is 18.2 Å². The molecular formula is C17H14Cl3N3O3. The highest BCUT2D eigenvalue weighted by atomic mass is 35.5. The van der Waals surface area contributed by atoms with Crippen LogP contribution in [0.4, 0.5) is 5.69 Å². The first-order valence-electron chi connectivity index (χ1n) is 7.65. The molecule has 0 fully saturated rings. The van der Waals surface area contributed by atoms with E-state index >= 15 is 0 Å². The van der Waals surface area contributed by atoms with Crippen LogP contribution in [-0.2, 0) is 0 Å². The fourth-order valence-corrected chi connectivity index (χ4v) is 2.92. The van der Waals surface area contributed by atoms with Gasteiger partial charge in [0, 0.05) is 6.61 Å². The van der Waals surface area contributed by atoms with Gasteiger partial charge in [0.1, 0.15) is 10.8 Å². The lowest BCUT2D eigenvalue weighted by Crippen LogP contribution is -2.21. The second-order valence-electron chi connectivity index (χ2n) is 5.41. The van der Waals surface area contributed by atoms with Gasteiger partial charge >= 0.3 is 0 Å². The van der Waals surface area contributed by atoms with Gasteiger partial charge in [0.2, 0.25) is 0 Å². The highest BCUT2D eigenvalue weighted by Crippen LogP contribution is 2.30. The van der Waals surface area contributed by atoms with Crippen molar-refractivity contribution in [2.24, 2.45) is 0 Å². The summed E-state index contributed by atoms with van der Waals surface area (Å²) in [6, 6.07) is 8.31. The largest absolute Gasteiger partial charge is 0.467 e. The van der Waals surface area contributed by atoms with Crippen molar-refractivity contribution in [2.45, 2.75) is 12.5 Å². The van der Waals surface area contributed by atoms with E-state index in [4.69, 9.17) is 39.2 Å². The van der Waals surface area contributed by atoms with E-state index in [9.17, 15) is 9.90 Å². The number of aliphatic hydroxyl groups excluding tert-OH is 1. The van der Waals surface area contributed by atoms with Crippen LogP contribution in [0.2, 0.25) is 15.1 Å². The van der Waals surface area contributed by atoms with Gasteiger partial charge in [-0.1, -0.05) is 34.8 Å². The standard InChI is InChI=1S/C17H14Cl3N3O3/c18-11-8-10(23-17(25)16(20)12(19)9-21-23)3-4-13(11)22-14(5-6-24)15-2-1-7-26-15/h1-4,7-9,14,22,24H,5-6H2. The van der Waals surface area contributed by atoms with Crippen LogP contribution in [0.15, 0.2) is 52.0 Å². The van der Waals surface area contributed by atoms with Crippen LogP contribution < -0.4 is 10.9 Å². The van der Waals surface area contributed by atoms with Gasteiger partial charge in [-0.25, -0.2) is 0 Å². The van der Waals surface area contributed by atoms with Crippen molar-refractivity contribution < 1.29 is 9.52 Å². The first kappa shape index (κ1) is 18.8. The van der Waals surface area contributed by atoms with Crippen molar-refractivity contribution in [1.82, 2.24) is 9.78 Å². The van der Waals surface area contributed by atoms with Gasteiger partial charge in [0.25, 0.3) is 5.56 Å². The molecule has 0 aliphatic heterocycles. The predicted molar refractivity (Wildman–Crippen MR) is 102 cm³/mol. The first-order chi connectivity index (χ1) is 12.5. The topological polar surface area (TPSA) is 80.3 Å². The van der Waals surface area contributed by atoms with Gasteiger partial charge in [-0.15, -0.1) is 0 Å². The summed E-state index contributed by atoms with van der Waals surface area (Å²) < 4.78 is 6.51. The van der Waals surface area contributed by atoms with E-state index in [1.807, 2.05) is 6.07 Å². The van der Waals surface area contributed by atoms with E-state index < -0.39 is 5.56 Å². The molecule has 0 saturated heterocycles. The molecule has 2 aromatic heterocycles. The summed E-state index contributed by atoms with van der Waals surface area (Å²) in [5, 5.41) is 16.8. The van der Waals surface area contributed by atoms with Crippen molar-refractivity contribution in [3.05, 3.63) is 74.0 Å². The summed E-state index contributed by atoms with van der Waals surface area (Å²) in [7, 11) is 0. The average molecular weight is 415 g/mol. The number of aromatic nitrogens is 2. The number of anilines is 1. The Bertz CT molecular complexity index is 958. The third-order valence-electron chi connectivity index (χ3n) is 3.71. The minimum atomic E-state index is -0.537. The second-order valence-corrected chi connectivity index (χ2v) is 6.60. The Morgan fingerprint density at radius 3 is 2.69 bits per heavy atom. The van der Waals surface area contributed by atoms with Crippen molar-refractivity contribution in [2.75, 3.05) is 11.9 Å². The monoisotopic (exact) mass is 413 g/mol. The van der Waals surface area contributed by atoms with Crippen LogP contribution in [0.3, 0.4) is 0 Å². The van der Waals surface area contributed by atoms with E-state index in [-0.39, 0.29) is 22.7 Å². The average Bonchev–Trinajstić information content (AvgIpc) is 3.15.